The van der Waals surface area contributed by atoms with Crippen LogP contribution in [0.2, 0.25) is 5.02 Å². The highest BCUT2D eigenvalue weighted by atomic mass is 35.5. The molecule has 372 valence electrons. The van der Waals surface area contributed by atoms with Crippen molar-refractivity contribution >= 4 is 102 Å². The highest BCUT2D eigenvalue weighted by molar-refractivity contribution is 6.34. The van der Waals surface area contributed by atoms with Crippen molar-refractivity contribution in [2.24, 2.45) is 20.5 Å². The number of benzene rings is 9. The molecule has 9 aromatic carbocycles. The summed E-state index contributed by atoms with van der Waals surface area (Å²) in [5, 5.41) is 54.2. The van der Waals surface area contributed by atoms with Gasteiger partial charge in [0.2, 0.25) is 0 Å². The number of para-hydroxylation sites is 2. The predicted octanol–water partition coefficient (Wildman–Crippen LogP) is 14.7. The number of hydrogen-bond acceptors (Lipinski definition) is 12. The van der Waals surface area contributed by atoms with Crippen molar-refractivity contribution in [2.45, 2.75) is 13.8 Å². The number of phenolic OH excluding ortho intramolecular Hbond substituents is 2. The van der Waals surface area contributed by atoms with Crippen molar-refractivity contribution in [1.29, 1.82) is 0 Å². The topological polar surface area (TPSA) is 225 Å². The number of carbonyl (C=O) groups excluding carboxylic acids is 4. The third-order valence-electron chi connectivity index (χ3n) is 11.5. The number of azo groups is 2. The number of nitrogens with zero attached hydrogens (tertiary/aromatic N) is 4. The Balaban J connectivity index is 0.943. The first-order valence-electron chi connectivity index (χ1n) is 23.5. The summed E-state index contributed by atoms with van der Waals surface area (Å²) in [6.07, 6.45) is 0. The quantitative estimate of drug-likeness (QED) is 0.0509. The van der Waals surface area contributed by atoms with Crippen LogP contribution in [-0.2, 0) is 0 Å². The molecule has 0 aromatic heterocycles. The highest BCUT2D eigenvalue weighted by Gasteiger charge is 2.22. The largest absolute Gasteiger partial charge is 0.505 e. The summed E-state index contributed by atoms with van der Waals surface area (Å²) >= 11 is 6.71. The summed E-state index contributed by atoms with van der Waals surface area (Å²) in [5.41, 5.74) is 2.31. The molecule has 0 saturated carbocycles. The number of carbonyl (C=O) groups is 4. The molecule has 0 radical (unpaired) electrons. The maximum atomic E-state index is 14.0. The highest BCUT2D eigenvalue weighted by Crippen LogP contribution is 2.42. The van der Waals surface area contributed by atoms with Crippen LogP contribution in [0.5, 0.6) is 23.0 Å². The Bertz CT molecular complexity index is 3720. The molecular formula is C58H45ClN8O8. The summed E-state index contributed by atoms with van der Waals surface area (Å²) in [4.78, 5) is 54.4. The fraction of sp³-hybridized carbons (Fsp3) is 0.0690. The van der Waals surface area contributed by atoms with Crippen LogP contribution < -0.4 is 30.7 Å². The van der Waals surface area contributed by atoms with Gasteiger partial charge in [-0.05, 0) is 103 Å². The Morgan fingerprint density at radius 3 is 1.33 bits per heavy atom. The second-order valence-corrected chi connectivity index (χ2v) is 17.0. The number of ether oxygens (including phenoxy) is 2. The maximum Gasteiger partial charge on any atom is 0.259 e. The number of amides is 4. The Labute approximate surface area is 434 Å². The van der Waals surface area contributed by atoms with Crippen molar-refractivity contribution in [3.8, 4) is 23.0 Å². The Morgan fingerprint density at radius 2 is 0.880 bits per heavy atom. The van der Waals surface area contributed by atoms with E-state index in [2.05, 4.69) is 41.7 Å². The molecule has 0 bridgehead atoms. The Kier molecular flexibility index (Phi) is 15.1. The number of nitrogens with one attached hydrogen (secondary N) is 4. The van der Waals surface area contributed by atoms with E-state index < -0.39 is 35.1 Å². The van der Waals surface area contributed by atoms with Gasteiger partial charge in [-0.15, -0.1) is 10.2 Å². The third kappa shape index (κ3) is 11.7. The molecule has 0 heterocycles. The number of anilines is 4. The standard InChI is InChI=1S/C58H45ClN8O8/c1-3-74-43-27-36(55(70)60-38-17-7-5-8-18-38)25-41(31-43)64-66-51-45-21-13-11-15-34(45)29-47(53(51)68)57(72)62-40-23-24-50(49(59)33-40)63-58(73)48-30-35-16-12-14-22-46(35)52(54(48)69)67-65-42-26-37(28-44(32-42)75-4-2)56(71)61-39-19-9-6-10-20-39/h5-33,68-69H,3-4H2,1-2H3,(H,60,70)(H,61,71)(H,62,72)(H,63,73). The SMILES string of the molecule is CCOc1cc(N=Nc2c(O)c(C(=O)Nc3ccc(NC(=O)c4cc5ccccc5c(N=Nc5cc(OCC)cc(C(=O)Nc6ccccc6)c5)c4O)c(Cl)c3)cc3ccccc23)cc(C(=O)Nc2ccccc2)c1. The zero-order valence-electron chi connectivity index (χ0n) is 40.2. The molecule has 6 N–H and O–H groups in total. The van der Waals surface area contributed by atoms with Crippen LogP contribution in [-0.4, -0.2) is 47.1 Å². The summed E-state index contributed by atoms with van der Waals surface area (Å²) in [5.74, 6) is -2.42. The smallest absolute Gasteiger partial charge is 0.259 e. The Hall–Kier alpha value is -9.93. The second-order valence-electron chi connectivity index (χ2n) is 16.6. The van der Waals surface area contributed by atoms with Crippen molar-refractivity contribution in [3.05, 3.63) is 203 Å². The zero-order chi connectivity index (χ0) is 52.4. The van der Waals surface area contributed by atoms with Crippen LogP contribution in [0, 0.1) is 0 Å². The molecule has 0 aliphatic carbocycles. The molecule has 9 aromatic rings. The molecule has 0 fully saturated rings. The molecule has 16 nitrogen and oxygen atoms in total. The minimum absolute atomic E-state index is 0.00139. The van der Waals surface area contributed by atoms with Crippen LogP contribution >= 0.6 is 11.6 Å². The molecule has 0 spiro atoms. The van der Waals surface area contributed by atoms with Gasteiger partial charge in [0.15, 0.2) is 11.5 Å². The van der Waals surface area contributed by atoms with Crippen molar-refractivity contribution in [2.75, 3.05) is 34.5 Å². The van der Waals surface area contributed by atoms with E-state index in [1.165, 1.54) is 42.5 Å². The van der Waals surface area contributed by atoms with Gasteiger partial charge in [0.05, 0.1) is 46.4 Å². The molecule has 0 unspecified atom stereocenters. The number of halogens is 1. The van der Waals surface area contributed by atoms with E-state index in [-0.39, 0.29) is 61.4 Å². The lowest BCUT2D eigenvalue weighted by Crippen LogP contribution is -2.14. The zero-order valence-corrected chi connectivity index (χ0v) is 40.9. The molecule has 0 aliphatic heterocycles. The van der Waals surface area contributed by atoms with Gasteiger partial charge in [0.25, 0.3) is 23.6 Å². The van der Waals surface area contributed by atoms with E-state index in [1.807, 2.05) is 26.0 Å². The normalized spacial score (nSPS) is 11.2. The number of aromatic hydroxyl groups is 2. The number of phenols is 2. The molecule has 0 saturated heterocycles. The molecule has 0 atom stereocenters. The van der Waals surface area contributed by atoms with Crippen molar-refractivity contribution in [3.63, 3.8) is 0 Å². The van der Waals surface area contributed by atoms with E-state index in [4.69, 9.17) is 21.1 Å². The van der Waals surface area contributed by atoms with Gasteiger partial charge in [-0.3, -0.25) is 19.2 Å². The fourth-order valence-corrected chi connectivity index (χ4v) is 8.20. The van der Waals surface area contributed by atoms with Gasteiger partial charge in [-0.2, -0.15) is 10.2 Å². The van der Waals surface area contributed by atoms with E-state index in [9.17, 15) is 29.4 Å². The maximum absolute atomic E-state index is 14.0. The van der Waals surface area contributed by atoms with Crippen LogP contribution in [0.1, 0.15) is 55.3 Å². The van der Waals surface area contributed by atoms with Crippen LogP contribution in [0.15, 0.2) is 196 Å². The average molecular weight is 1020 g/mol. The second kappa shape index (κ2) is 22.7. The van der Waals surface area contributed by atoms with E-state index in [0.29, 0.717) is 57.6 Å². The molecular weight excluding hydrogens is 972 g/mol. The first kappa shape index (κ1) is 50.0. The summed E-state index contributed by atoms with van der Waals surface area (Å²) < 4.78 is 11.4. The van der Waals surface area contributed by atoms with Gasteiger partial charge in [-0.25, -0.2) is 0 Å². The van der Waals surface area contributed by atoms with Crippen LogP contribution in [0.3, 0.4) is 0 Å². The van der Waals surface area contributed by atoms with Gasteiger partial charge < -0.3 is 41.0 Å². The Morgan fingerprint density at radius 1 is 0.453 bits per heavy atom. The fourth-order valence-electron chi connectivity index (χ4n) is 7.98. The first-order chi connectivity index (χ1) is 36.4. The first-order valence-corrected chi connectivity index (χ1v) is 23.9. The number of rotatable bonds is 16. The third-order valence-corrected chi connectivity index (χ3v) is 11.8. The molecule has 4 amide bonds. The van der Waals surface area contributed by atoms with Gasteiger partial charge in [0, 0.05) is 51.1 Å². The molecule has 9 rings (SSSR count). The van der Waals surface area contributed by atoms with Crippen molar-refractivity contribution in [1.82, 2.24) is 0 Å². The van der Waals surface area contributed by atoms with Gasteiger partial charge >= 0.3 is 0 Å². The number of fused-ring (bicyclic) bond motifs is 2. The number of hydrogen-bond donors (Lipinski definition) is 6. The van der Waals surface area contributed by atoms with E-state index >= 15 is 0 Å². The molecule has 75 heavy (non-hydrogen) atoms. The predicted molar refractivity (Wildman–Crippen MR) is 291 cm³/mol. The van der Waals surface area contributed by atoms with E-state index in [1.54, 1.807) is 121 Å². The van der Waals surface area contributed by atoms with Gasteiger partial charge in [-0.1, -0.05) is 96.5 Å². The summed E-state index contributed by atoms with van der Waals surface area (Å²) in [6, 6.07) is 48.8. The molecule has 17 heteroatoms. The van der Waals surface area contributed by atoms with E-state index in [0.717, 1.165) is 0 Å². The summed E-state index contributed by atoms with van der Waals surface area (Å²) in [6.45, 7) is 4.27. The average Bonchev–Trinajstić information content (AvgIpc) is 3.42. The molecule has 0 aliphatic rings. The van der Waals surface area contributed by atoms with Crippen LogP contribution in [0.4, 0.5) is 45.5 Å². The lowest BCUT2D eigenvalue weighted by atomic mass is 10.0. The lowest BCUT2D eigenvalue weighted by molar-refractivity contribution is 0.101. The van der Waals surface area contributed by atoms with Crippen LogP contribution in [0.25, 0.3) is 21.5 Å². The monoisotopic (exact) mass is 1020 g/mol. The van der Waals surface area contributed by atoms with Gasteiger partial charge in [0.1, 0.15) is 22.9 Å². The minimum atomic E-state index is -0.731. The summed E-state index contributed by atoms with van der Waals surface area (Å²) in [7, 11) is 0. The minimum Gasteiger partial charge on any atom is -0.505 e. The van der Waals surface area contributed by atoms with Crippen molar-refractivity contribution < 1.29 is 38.9 Å². The lowest BCUT2D eigenvalue weighted by Gasteiger charge is -2.14.